The van der Waals surface area contributed by atoms with Gasteiger partial charge in [0.15, 0.2) is 6.10 Å². The molecule has 1 amide bonds. The molecule has 1 heterocycles. The van der Waals surface area contributed by atoms with Crippen molar-refractivity contribution in [3.8, 4) is 5.75 Å². The summed E-state index contributed by atoms with van der Waals surface area (Å²) in [5, 5.41) is 0.640. The lowest BCUT2D eigenvalue weighted by Gasteiger charge is -2.31. The largest absolute Gasteiger partial charge is 0.481 e. The Labute approximate surface area is 140 Å². The molecule has 2 N–H and O–H groups in total. The number of hydrogen-bond acceptors (Lipinski definition) is 3. The molecule has 0 spiro atoms. The first kappa shape index (κ1) is 15.7. The summed E-state index contributed by atoms with van der Waals surface area (Å²) < 4.78 is 5.72. The third-order valence-corrected chi connectivity index (χ3v) is 4.28. The highest BCUT2D eigenvalue weighted by molar-refractivity contribution is 6.30. The topological polar surface area (TPSA) is 55.6 Å². The second kappa shape index (κ2) is 6.50. The lowest BCUT2D eigenvalue weighted by Crippen LogP contribution is -2.43. The van der Waals surface area contributed by atoms with Crippen LogP contribution in [0.2, 0.25) is 5.02 Å². The van der Waals surface area contributed by atoms with Crippen molar-refractivity contribution in [2.24, 2.45) is 0 Å². The molecule has 0 radical (unpaired) electrons. The Balaban J connectivity index is 1.67. The molecule has 1 aliphatic heterocycles. The fourth-order valence-electron chi connectivity index (χ4n) is 2.79. The van der Waals surface area contributed by atoms with Gasteiger partial charge in [-0.25, -0.2) is 0 Å². The van der Waals surface area contributed by atoms with E-state index in [0.29, 0.717) is 23.9 Å². The highest BCUT2D eigenvalue weighted by Gasteiger charge is 2.25. The van der Waals surface area contributed by atoms with E-state index in [1.165, 1.54) is 5.56 Å². The van der Waals surface area contributed by atoms with Gasteiger partial charge in [0.1, 0.15) is 5.75 Å². The Morgan fingerprint density at radius 3 is 2.70 bits per heavy atom. The van der Waals surface area contributed by atoms with Crippen LogP contribution in [0.15, 0.2) is 42.5 Å². The summed E-state index contributed by atoms with van der Waals surface area (Å²) in [6.45, 7) is 3.05. The van der Waals surface area contributed by atoms with Gasteiger partial charge in [-0.2, -0.15) is 0 Å². The summed E-state index contributed by atoms with van der Waals surface area (Å²) in [4.78, 5) is 14.4. The van der Waals surface area contributed by atoms with Gasteiger partial charge in [-0.15, -0.1) is 0 Å². The third kappa shape index (κ3) is 3.59. The number of nitrogen functional groups attached to an aromatic ring is 1. The maximum atomic E-state index is 12.6. The lowest BCUT2D eigenvalue weighted by molar-refractivity contribution is -0.138. The molecule has 2 aromatic carbocycles. The number of rotatable bonds is 3. The number of carbonyl (C=O) groups is 1. The molecule has 3 rings (SSSR count). The summed E-state index contributed by atoms with van der Waals surface area (Å²) >= 11 is 5.85. The van der Waals surface area contributed by atoms with Gasteiger partial charge in [-0.05, 0) is 60.9 Å². The maximum Gasteiger partial charge on any atom is 0.263 e. The van der Waals surface area contributed by atoms with Crippen molar-refractivity contribution in [3.05, 3.63) is 58.6 Å². The molecule has 23 heavy (non-hydrogen) atoms. The molecule has 1 atom stereocenters. The Morgan fingerprint density at radius 1 is 1.22 bits per heavy atom. The predicted molar refractivity (Wildman–Crippen MR) is 91.5 cm³/mol. The minimum Gasteiger partial charge on any atom is -0.481 e. The number of hydrogen-bond donors (Lipinski definition) is 1. The summed E-state index contributed by atoms with van der Waals surface area (Å²) in [5.41, 5.74) is 8.94. The van der Waals surface area contributed by atoms with Crippen LogP contribution in [0.3, 0.4) is 0 Å². The third-order valence-electron chi connectivity index (χ3n) is 4.03. The summed E-state index contributed by atoms with van der Waals surface area (Å²) in [7, 11) is 0. The van der Waals surface area contributed by atoms with E-state index in [2.05, 4.69) is 0 Å². The van der Waals surface area contributed by atoms with E-state index in [4.69, 9.17) is 22.1 Å². The van der Waals surface area contributed by atoms with Crippen LogP contribution in [0.4, 0.5) is 5.69 Å². The van der Waals surface area contributed by atoms with Gasteiger partial charge < -0.3 is 15.4 Å². The van der Waals surface area contributed by atoms with Gasteiger partial charge in [0.25, 0.3) is 5.91 Å². The van der Waals surface area contributed by atoms with E-state index >= 15 is 0 Å². The number of amides is 1. The monoisotopic (exact) mass is 330 g/mol. The van der Waals surface area contributed by atoms with Crippen LogP contribution < -0.4 is 10.5 Å². The number of halogens is 1. The molecular weight excluding hydrogens is 312 g/mol. The van der Waals surface area contributed by atoms with Crippen molar-refractivity contribution in [2.45, 2.75) is 26.0 Å². The van der Waals surface area contributed by atoms with Gasteiger partial charge in [-0.1, -0.05) is 17.7 Å². The lowest BCUT2D eigenvalue weighted by atomic mass is 9.99. The number of benzene rings is 2. The zero-order chi connectivity index (χ0) is 16.4. The predicted octanol–water partition coefficient (Wildman–Crippen LogP) is 3.27. The molecule has 5 heteroatoms. The normalized spacial score (nSPS) is 15.0. The molecule has 120 valence electrons. The van der Waals surface area contributed by atoms with E-state index in [1.807, 2.05) is 23.1 Å². The molecule has 0 aliphatic carbocycles. The van der Waals surface area contributed by atoms with Crippen molar-refractivity contribution in [1.82, 2.24) is 4.90 Å². The molecule has 1 unspecified atom stereocenters. The Hall–Kier alpha value is -2.20. The first-order valence-electron chi connectivity index (χ1n) is 7.61. The van der Waals surface area contributed by atoms with E-state index in [1.54, 1.807) is 31.2 Å². The molecule has 1 aliphatic rings. The number of carbonyl (C=O) groups excluding carboxylic acids is 1. The minimum atomic E-state index is -0.543. The first-order valence-corrected chi connectivity index (χ1v) is 7.99. The van der Waals surface area contributed by atoms with Crippen LogP contribution in [0.5, 0.6) is 5.75 Å². The zero-order valence-electron chi connectivity index (χ0n) is 13.0. The molecule has 0 saturated carbocycles. The fraction of sp³-hybridized carbons (Fsp3) is 0.278. The molecule has 0 aromatic heterocycles. The van der Waals surface area contributed by atoms with Crippen LogP contribution in [0.1, 0.15) is 18.1 Å². The van der Waals surface area contributed by atoms with Crippen molar-refractivity contribution >= 4 is 23.2 Å². The standard InChI is InChI=1S/C18H19ClN2O2/c1-12(23-17-6-3-15(19)4-7-17)18(22)21-9-8-13-2-5-16(20)10-14(13)11-21/h2-7,10,12H,8-9,11,20H2,1H3. The van der Waals surface area contributed by atoms with E-state index < -0.39 is 6.10 Å². The summed E-state index contributed by atoms with van der Waals surface area (Å²) in [5.74, 6) is 0.616. The number of nitrogens with two attached hydrogens (primary N) is 1. The van der Waals surface area contributed by atoms with Crippen molar-refractivity contribution < 1.29 is 9.53 Å². The van der Waals surface area contributed by atoms with Crippen molar-refractivity contribution in [2.75, 3.05) is 12.3 Å². The summed E-state index contributed by atoms with van der Waals surface area (Å²) in [6.07, 6.45) is 0.299. The van der Waals surface area contributed by atoms with Crippen LogP contribution in [0, 0.1) is 0 Å². The Bertz CT molecular complexity index is 715. The molecule has 0 saturated heterocycles. The SMILES string of the molecule is CC(Oc1ccc(Cl)cc1)C(=O)N1CCc2ccc(N)cc2C1. The number of nitrogens with zero attached hydrogens (tertiary/aromatic N) is 1. The smallest absolute Gasteiger partial charge is 0.263 e. The molecule has 0 fully saturated rings. The first-order chi connectivity index (χ1) is 11.0. The number of fused-ring (bicyclic) bond motifs is 1. The molecule has 4 nitrogen and oxygen atoms in total. The Kier molecular flexibility index (Phi) is 4.44. The molecule has 2 aromatic rings. The number of anilines is 1. The Morgan fingerprint density at radius 2 is 1.96 bits per heavy atom. The van der Waals surface area contributed by atoms with Gasteiger partial charge in [-0.3, -0.25) is 4.79 Å². The number of ether oxygens (including phenoxy) is 1. The molecule has 0 bridgehead atoms. The van der Waals surface area contributed by atoms with Gasteiger partial charge in [0, 0.05) is 23.8 Å². The van der Waals surface area contributed by atoms with Crippen LogP contribution in [-0.4, -0.2) is 23.5 Å². The quantitative estimate of drug-likeness (QED) is 0.879. The zero-order valence-corrected chi connectivity index (χ0v) is 13.7. The van der Waals surface area contributed by atoms with Crippen LogP contribution >= 0.6 is 11.6 Å². The highest BCUT2D eigenvalue weighted by Crippen LogP contribution is 2.23. The second-order valence-electron chi connectivity index (χ2n) is 5.75. The van der Waals surface area contributed by atoms with Gasteiger partial charge in [0.05, 0.1) is 0 Å². The van der Waals surface area contributed by atoms with E-state index in [0.717, 1.165) is 17.7 Å². The molecular formula is C18H19ClN2O2. The van der Waals surface area contributed by atoms with Crippen LogP contribution in [0.25, 0.3) is 0 Å². The van der Waals surface area contributed by atoms with E-state index in [9.17, 15) is 4.79 Å². The summed E-state index contributed by atoms with van der Waals surface area (Å²) in [6, 6.07) is 12.9. The minimum absolute atomic E-state index is 0.0203. The van der Waals surface area contributed by atoms with Crippen molar-refractivity contribution in [1.29, 1.82) is 0 Å². The average Bonchev–Trinajstić information content (AvgIpc) is 2.55. The highest BCUT2D eigenvalue weighted by atomic mass is 35.5. The van der Waals surface area contributed by atoms with E-state index in [-0.39, 0.29) is 5.91 Å². The van der Waals surface area contributed by atoms with Gasteiger partial charge >= 0.3 is 0 Å². The second-order valence-corrected chi connectivity index (χ2v) is 6.19. The average molecular weight is 331 g/mol. The van der Waals surface area contributed by atoms with Crippen LogP contribution in [-0.2, 0) is 17.8 Å². The van der Waals surface area contributed by atoms with Gasteiger partial charge in [0.2, 0.25) is 0 Å². The fourth-order valence-corrected chi connectivity index (χ4v) is 2.92. The maximum absolute atomic E-state index is 12.6. The van der Waals surface area contributed by atoms with Crippen molar-refractivity contribution in [3.63, 3.8) is 0 Å².